The number of aryl methyl sites for hydroxylation is 2. The van der Waals surface area contributed by atoms with Gasteiger partial charge in [0.2, 0.25) is 0 Å². The highest BCUT2D eigenvalue weighted by molar-refractivity contribution is 5.89. The average Bonchev–Trinajstić information content (AvgIpc) is 2.34. The molecule has 0 spiro atoms. The average molecular weight is 261 g/mol. The Morgan fingerprint density at radius 3 is 2.63 bits per heavy atom. The van der Waals surface area contributed by atoms with Gasteiger partial charge in [-0.05, 0) is 37.1 Å². The molecule has 0 fully saturated rings. The number of aliphatic carboxylic acids is 1. The van der Waals surface area contributed by atoms with E-state index in [-0.39, 0.29) is 17.5 Å². The predicted molar refractivity (Wildman–Crippen MR) is 71.9 cm³/mol. The zero-order valence-electron chi connectivity index (χ0n) is 11.0. The number of aromatic nitrogens is 1. The van der Waals surface area contributed by atoms with E-state index in [2.05, 4.69) is 4.98 Å². The second-order valence-corrected chi connectivity index (χ2v) is 4.52. The molecule has 0 atom stereocenters. The zero-order valence-corrected chi connectivity index (χ0v) is 11.0. The topological polar surface area (TPSA) is 79.4 Å². The predicted octanol–water partition coefficient (Wildman–Crippen LogP) is 1.78. The number of pyridine rings is 1. The monoisotopic (exact) mass is 261 g/mol. The van der Waals surface area contributed by atoms with Gasteiger partial charge in [-0.3, -0.25) is 9.59 Å². The van der Waals surface area contributed by atoms with Crippen molar-refractivity contribution in [3.63, 3.8) is 0 Å². The Morgan fingerprint density at radius 1 is 1.37 bits per heavy atom. The highest BCUT2D eigenvalue weighted by Gasteiger charge is 2.14. The van der Waals surface area contributed by atoms with E-state index in [0.29, 0.717) is 16.8 Å². The van der Waals surface area contributed by atoms with Crippen LogP contribution >= 0.6 is 0 Å². The number of H-pyrrole nitrogens is 1. The van der Waals surface area contributed by atoms with Crippen molar-refractivity contribution in [3.05, 3.63) is 39.2 Å². The number of carbonyl (C=O) groups is 1. The van der Waals surface area contributed by atoms with Gasteiger partial charge in [-0.25, -0.2) is 0 Å². The SMILES string of the molecule is COc1cc(C)cc2c(C)c(CC(=O)O)c(=O)[nH]c12. The van der Waals surface area contributed by atoms with Crippen molar-refractivity contribution in [2.24, 2.45) is 0 Å². The summed E-state index contributed by atoms with van der Waals surface area (Å²) in [7, 11) is 1.53. The number of hydrogen-bond donors (Lipinski definition) is 2. The van der Waals surface area contributed by atoms with Crippen LogP contribution in [0.25, 0.3) is 10.9 Å². The Hall–Kier alpha value is -2.30. The zero-order chi connectivity index (χ0) is 14.2. The fourth-order valence-corrected chi connectivity index (χ4v) is 2.22. The van der Waals surface area contributed by atoms with Crippen LogP contribution in [0.5, 0.6) is 5.75 Å². The first-order valence-electron chi connectivity index (χ1n) is 5.86. The summed E-state index contributed by atoms with van der Waals surface area (Å²) in [4.78, 5) is 25.5. The van der Waals surface area contributed by atoms with Gasteiger partial charge < -0.3 is 14.8 Å². The van der Waals surface area contributed by atoms with Crippen LogP contribution in [-0.4, -0.2) is 23.2 Å². The van der Waals surface area contributed by atoms with Gasteiger partial charge in [0.1, 0.15) is 5.75 Å². The number of carboxylic acids is 1. The number of rotatable bonds is 3. The van der Waals surface area contributed by atoms with E-state index in [4.69, 9.17) is 9.84 Å². The van der Waals surface area contributed by atoms with E-state index in [1.54, 1.807) is 6.92 Å². The van der Waals surface area contributed by atoms with E-state index < -0.39 is 5.97 Å². The normalized spacial score (nSPS) is 10.7. The Morgan fingerprint density at radius 2 is 2.05 bits per heavy atom. The van der Waals surface area contributed by atoms with E-state index in [0.717, 1.165) is 10.9 Å². The molecule has 100 valence electrons. The lowest BCUT2D eigenvalue weighted by atomic mass is 10.0. The highest BCUT2D eigenvalue weighted by atomic mass is 16.5. The molecule has 1 heterocycles. The molecule has 0 bridgehead atoms. The fraction of sp³-hybridized carbons (Fsp3) is 0.286. The molecule has 19 heavy (non-hydrogen) atoms. The maximum atomic E-state index is 12.0. The van der Waals surface area contributed by atoms with Crippen molar-refractivity contribution in [1.29, 1.82) is 0 Å². The second-order valence-electron chi connectivity index (χ2n) is 4.52. The summed E-state index contributed by atoms with van der Waals surface area (Å²) in [5.41, 5.74) is 2.18. The van der Waals surface area contributed by atoms with Gasteiger partial charge in [-0.15, -0.1) is 0 Å². The maximum Gasteiger partial charge on any atom is 0.308 e. The molecule has 2 rings (SSSR count). The molecule has 2 N–H and O–H groups in total. The molecule has 5 nitrogen and oxygen atoms in total. The van der Waals surface area contributed by atoms with Gasteiger partial charge >= 0.3 is 5.97 Å². The van der Waals surface area contributed by atoms with Crippen molar-refractivity contribution in [3.8, 4) is 5.75 Å². The maximum absolute atomic E-state index is 12.0. The lowest BCUT2D eigenvalue weighted by Crippen LogP contribution is -2.18. The first-order chi connectivity index (χ1) is 8.93. The van der Waals surface area contributed by atoms with E-state index in [1.807, 2.05) is 19.1 Å². The van der Waals surface area contributed by atoms with Crippen LogP contribution in [0.4, 0.5) is 0 Å². The van der Waals surface area contributed by atoms with Crippen LogP contribution in [0.3, 0.4) is 0 Å². The smallest absolute Gasteiger partial charge is 0.308 e. The van der Waals surface area contributed by atoms with Crippen molar-refractivity contribution < 1.29 is 14.6 Å². The minimum Gasteiger partial charge on any atom is -0.495 e. The van der Waals surface area contributed by atoms with Crippen molar-refractivity contribution >= 4 is 16.9 Å². The lowest BCUT2D eigenvalue weighted by Gasteiger charge is -2.11. The Kier molecular flexibility index (Phi) is 3.29. The quantitative estimate of drug-likeness (QED) is 0.882. The molecule has 0 saturated heterocycles. The van der Waals surface area contributed by atoms with E-state index >= 15 is 0 Å². The van der Waals surface area contributed by atoms with Crippen molar-refractivity contribution in [2.75, 3.05) is 7.11 Å². The van der Waals surface area contributed by atoms with Gasteiger partial charge in [-0.2, -0.15) is 0 Å². The van der Waals surface area contributed by atoms with Gasteiger partial charge in [0.25, 0.3) is 5.56 Å². The summed E-state index contributed by atoms with van der Waals surface area (Å²) in [6.45, 7) is 3.68. The van der Waals surface area contributed by atoms with Crippen molar-refractivity contribution in [1.82, 2.24) is 4.98 Å². The van der Waals surface area contributed by atoms with Crippen LogP contribution in [0.1, 0.15) is 16.7 Å². The minimum absolute atomic E-state index is 0.284. The molecular formula is C14H15NO4. The molecule has 1 aromatic heterocycles. The molecule has 1 aromatic carbocycles. The Labute approximate surface area is 109 Å². The third kappa shape index (κ3) is 2.31. The van der Waals surface area contributed by atoms with Crippen LogP contribution in [0, 0.1) is 13.8 Å². The molecule has 0 aliphatic rings. The number of aromatic amines is 1. The lowest BCUT2D eigenvalue weighted by molar-refractivity contribution is -0.136. The molecule has 0 saturated carbocycles. The number of hydrogen-bond acceptors (Lipinski definition) is 3. The van der Waals surface area contributed by atoms with Gasteiger partial charge in [-0.1, -0.05) is 0 Å². The molecule has 2 aromatic rings. The molecule has 0 radical (unpaired) electrons. The van der Waals surface area contributed by atoms with Crippen molar-refractivity contribution in [2.45, 2.75) is 20.3 Å². The number of ether oxygens (including phenoxy) is 1. The molecular weight excluding hydrogens is 246 g/mol. The number of nitrogens with one attached hydrogen (secondary N) is 1. The first-order valence-corrected chi connectivity index (χ1v) is 5.86. The van der Waals surface area contributed by atoms with Gasteiger partial charge in [0, 0.05) is 10.9 Å². The number of benzene rings is 1. The Balaban J connectivity index is 2.84. The third-order valence-electron chi connectivity index (χ3n) is 3.16. The molecule has 0 aliphatic heterocycles. The summed E-state index contributed by atoms with van der Waals surface area (Å²) in [5.74, 6) is -0.440. The first kappa shape index (κ1) is 13.1. The van der Waals surface area contributed by atoms with Gasteiger partial charge in [0.05, 0.1) is 19.0 Å². The molecule has 0 amide bonds. The highest BCUT2D eigenvalue weighted by Crippen LogP contribution is 2.27. The molecule has 0 unspecified atom stereocenters. The summed E-state index contributed by atoms with van der Waals surface area (Å²) in [6, 6.07) is 3.74. The minimum atomic E-state index is -1.02. The summed E-state index contributed by atoms with van der Waals surface area (Å²) >= 11 is 0. The second kappa shape index (κ2) is 4.76. The summed E-state index contributed by atoms with van der Waals surface area (Å²) < 4.78 is 5.25. The largest absolute Gasteiger partial charge is 0.495 e. The van der Waals surface area contributed by atoms with Crippen LogP contribution in [0.15, 0.2) is 16.9 Å². The summed E-state index contributed by atoms with van der Waals surface area (Å²) in [6.07, 6.45) is -0.284. The fourth-order valence-electron chi connectivity index (χ4n) is 2.22. The Bertz CT molecular complexity index is 715. The number of methoxy groups -OCH3 is 1. The standard InChI is InChI=1S/C14H15NO4/c1-7-4-9-8(2)10(6-12(16)17)14(18)15-13(9)11(5-7)19-3/h4-5H,6H2,1-3H3,(H,15,18)(H,16,17). The molecule has 5 heteroatoms. The molecule has 0 aliphatic carbocycles. The van der Waals surface area contributed by atoms with Gasteiger partial charge in [0.15, 0.2) is 0 Å². The van der Waals surface area contributed by atoms with E-state index in [9.17, 15) is 9.59 Å². The number of carboxylic acid groups (broad SMARTS) is 1. The van der Waals surface area contributed by atoms with Crippen LogP contribution in [-0.2, 0) is 11.2 Å². The third-order valence-corrected chi connectivity index (χ3v) is 3.16. The number of fused-ring (bicyclic) bond motifs is 1. The van der Waals surface area contributed by atoms with Crippen LogP contribution < -0.4 is 10.3 Å². The van der Waals surface area contributed by atoms with Crippen LogP contribution in [0.2, 0.25) is 0 Å². The van der Waals surface area contributed by atoms with E-state index in [1.165, 1.54) is 7.11 Å². The summed E-state index contributed by atoms with van der Waals surface area (Å²) in [5, 5.41) is 9.68.